The predicted molar refractivity (Wildman–Crippen MR) is 137 cm³/mol. The van der Waals surface area contributed by atoms with E-state index < -0.39 is 21.3 Å². The van der Waals surface area contributed by atoms with Crippen LogP contribution in [0.3, 0.4) is 0 Å². The normalized spacial score (nSPS) is 18.0. The Labute approximate surface area is 202 Å². The average molecular weight is 500 g/mol. The van der Waals surface area contributed by atoms with Gasteiger partial charge in [-0.25, -0.2) is 0 Å². The van der Waals surface area contributed by atoms with E-state index in [2.05, 4.69) is 110 Å². The molecule has 1 unspecified atom stereocenters. The number of aryl methyl sites for hydroxylation is 4. The molecule has 0 nitrogen and oxygen atoms in total. The third-order valence-corrected chi connectivity index (χ3v) is 15.3. The Morgan fingerprint density at radius 3 is 1.75 bits per heavy atom. The second-order valence-electron chi connectivity index (χ2n) is 10.0. The van der Waals surface area contributed by atoms with E-state index in [1.807, 2.05) is 0 Å². The van der Waals surface area contributed by atoms with Crippen LogP contribution in [0.5, 0.6) is 0 Å². The molecular weight excluding hydrogens is 464 g/mol. The van der Waals surface area contributed by atoms with Crippen LogP contribution in [0.1, 0.15) is 67.5 Å². The molecule has 0 bridgehead atoms. The Morgan fingerprint density at radius 2 is 1.34 bits per heavy atom. The van der Waals surface area contributed by atoms with E-state index in [-0.39, 0.29) is 0 Å². The third-order valence-electron chi connectivity index (χ3n) is 6.92. The number of allylic oxidation sites excluding steroid dienone is 8. The predicted octanol–water partition coefficient (Wildman–Crippen LogP) is 8.21. The van der Waals surface area contributed by atoms with E-state index in [0.29, 0.717) is 5.92 Å². The zero-order valence-electron chi connectivity index (χ0n) is 21.0. The van der Waals surface area contributed by atoms with Crippen molar-refractivity contribution in [1.82, 2.24) is 0 Å². The van der Waals surface area contributed by atoms with Crippen LogP contribution in [-0.2, 0) is 21.3 Å². The fourth-order valence-corrected chi connectivity index (χ4v) is 15.0. The molecule has 0 amide bonds. The first-order chi connectivity index (χ1) is 15.2. The third kappa shape index (κ3) is 4.47. The maximum atomic E-state index is 2.54. The quantitative estimate of drug-likeness (QED) is 0.397. The van der Waals surface area contributed by atoms with Gasteiger partial charge in [-0.05, 0) is 0 Å². The molecule has 0 fully saturated rings. The van der Waals surface area contributed by atoms with Crippen molar-refractivity contribution in [2.24, 2.45) is 5.92 Å². The summed E-state index contributed by atoms with van der Waals surface area (Å²) in [6.07, 6.45) is 8.62. The zero-order valence-corrected chi connectivity index (χ0v) is 23.4. The van der Waals surface area contributed by atoms with Gasteiger partial charge in [-0.3, -0.25) is 0 Å². The van der Waals surface area contributed by atoms with Crippen LogP contribution in [-0.4, -0.2) is 3.21 Å². The fourth-order valence-electron chi connectivity index (χ4n) is 5.49. The summed E-state index contributed by atoms with van der Waals surface area (Å²) in [5.74, 6) is 0.539. The van der Waals surface area contributed by atoms with Gasteiger partial charge in [-0.15, -0.1) is 0 Å². The van der Waals surface area contributed by atoms with Gasteiger partial charge in [-0.2, -0.15) is 0 Å². The Bertz CT molecular complexity index is 1200. The summed E-state index contributed by atoms with van der Waals surface area (Å²) < 4.78 is 5.17. The molecule has 0 heterocycles. The fraction of sp³-hybridized carbons (Fsp3) is 0.323. The summed E-state index contributed by atoms with van der Waals surface area (Å²) in [4.78, 5) is 0. The first kappa shape index (κ1) is 23.3. The van der Waals surface area contributed by atoms with Crippen molar-refractivity contribution in [1.29, 1.82) is 0 Å². The Kier molecular flexibility index (Phi) is 6.69. The van der Waals surface area contributed by atoms with Gasteiger partial charge >= 0.3 is 203 Å². The minimum atomic E-state index is -2.43. The molecule has 2 aliphatic rings. The van der Waals surface area contributed by atoms with E-state index in [1.54, 1.807) is 9.77 Å². The molecule has 0 N–H and O–H groups in total. The van der Waals surface area contributed by atoms with Gasteiger partial charge in [0, 0.05) is 0 Å². The van der Waals surface area contributed by atoms with Crippen LogP contribution in [0.4, 0.5) is 0 Å². The molecule has 0 spiro atoms. The molecule has 1 atom stereocenters. The monoisotopic (exact) mass is 498 g/mol. The summed E-state index contributed by atoms with van der Waals surface area (Å²) in [5.41, 5.74) is 12.9. The summed E-state index contributed by atoms with van der Waals surface area (Å²) in [7, 11) is 0. The van der Waals surface area contributed by atoms with Gasteiger partial charge in [0.2, 0.25) is 0 Å². The molecule has 32 heavy (non-hydrogen) atoms. The second-order valence-corrected chi connectivity index (χ2v) is 16.0. The standard InChI is InChI=1S/C17H18.2C7H9.Zr/c1-12-5-7-16(14(3)9-12)11-17-8-6-13(2)10-15(17)4;2*1-6-3-4-7(2)5-6;/h5-10H,1-4H3;5H,3H2,1-2H3;3,5,7H,1-2H3;. The molecule has 2 aliphatic carbocycles. The van der Waals surface area contributed by atoms with E-state index in [9.17, 15) is 0 Å². The summed E-state index contributed by atoms with van der Waals surface area (Å²) in [6, 6.07) is 14.2. The van der Waals surface area contributed by atoms with Gasteiger partial charge in [0.15, 0.2) is 0 Å². The molecule has 2 aromatic carbocycles. The van der Waals surface area contributed by atoms with Gasteiger partial charge in [0.05, 0.1) is 0 Å². The molecular formula is C31H36Zr. The van der Waals surface area contributed by atoms with Crippen LogP contribution >= 0.6 is 0 Å². The van der Waals surface area contributed by atoms with Crippen molar-refractivity contribution in [3.63, 3.8) is 0 Å². The van der Waals surface area contributed by atoms with E-state index >= 15 is 0 Å². The Hall–Kier alpha value is -1.85. The topological polar surface area (TPSA) is 0 Å². The van der Waals surface area contributed by atoms with Gasteiger partial charge in [0.25, 0.3) is 0 Å². The van der Waals surface area contributed by atoms with Gasteiger partial charge in [0.1, 0.15) is 0 Å². The van der Waals surface area contributed by atoms with Crippen LogP contribution < -0.4 is 0 Å². The molecule has 0 saturated carbocycles. The van der Waals surface area contributed by atoms with Crippen molar-refractivity contribution < 1.29 is 21.3 Å². The molecule has 0 radical (unpaired) electrons. The Balaban J connectivity index is 2.13. The minimum absolute atomic E-state index is 0.539. The molecule has 164 valence electrons. The van der Waals surface area contributed by atoms with E-state index in [1.165, 1.54) is 50.1 Å². The average Bonchev–Trinajstić information content (AvgIpc) is 3.21. The maximum absolute atomic E-state index is 2.54. The molecule has 0 aliphatic heterocycles. The van der Waals surface area contributed by atoms with Gasteiger partial charge < -0.3 is 0 Å². The summed E-state index contributed by atoms with van der Waals surface area (Å²) in [5, 5.41) is 0. The number of rotatable bonds is 4. The molecule has 2 aromatic rings. The molecule has 4 rings (SSSR count). The molecule has 0 aromatic heterocycles. The zero-order chi connectivity index (χ0) is 23.2. The van der Waals surface area contributed by atoms with Crippen molar-refractivity contribution in [3.8, 4) is 0 Å². The van der Waals surface area contributed by atoms with Crippen LogP contribution in [0.2, 0.25) is 0 Å². The summed E-state index contributed by atoms with van der Waals surface area (Å²) in [6.45, 7) is 18.4. The van der Waals surface area contributed by atoms with Crippen molar-refractivity contribution in [3.05, 3.63) is 111 Å². The van der Waals surface area contributed by atoms with Crippen LogP contribution in [0, 0.1) is 33.6 Å². The Morgan fingerprint density at radius 1 is 0.781 bits per heavy atom. The van der Waals surface area contributed by atoms with E-state index in [0.717, 1.165) is 6.42 Å². The molecule has 1 heteroatoms. The van der Waals surface area contributed by atoms with Crippen molar-refractivity contribution >= 4 is 3.21 Å². The number of benzene rings is 2. The molecule has 0 saturated heterocycles. The first-order valence-corrected chi connectivity index (χ1v) is 15.5. The van der Waals surface area contributed by atoms with Crippen LogP contribution in [0.25, 0.3) is 0 Å². The van der Waals surface area contributed by atoms with Crippen molar-refractivity contribution in [2.45, 2.75) is 61.8 Å². The SMILES string of the molecule is CC1=CC(C)[C]([Zr]([C]2=C(C)C=C(C)C2)=[C](c2ccc(C)cc2C)c2ccc(C)cc2C)=C1. The number of hydrogen-bond acceptors (Lipinski definition) is 0. The van der Waals surface area contributed by atoms with Crippen LogP contribution in [0.15, 0.2) is 77.9 Å². The van der Waals surface area contributed by atoms with Gasteiger partial charge in [-0.1, -0.05) is 0 Å². The first-order valence-electron chi connectivity index (χ1n) is 11.8. The summed E-state index contributed by atoms with van der Waals surface area (Å²) >= 11 is -2.43. The number of hydrogen-bond donors (Lipinski definition) is 0. The van der Waals surface area contributed by atoms with Crippen molar-refractivity contribution in [2.75, 3.05) is 0 Å². The van der Waals surface area contributed by atoms with E-state index in [4.69, 9.17) is 0 Å². The second kappa shape index (κ2) is 9.19.